The van der Waals surface area contributed by atoms with Gasteiger partial charge < -0.3 is 4.57 Å². The first-order chi connectivity index (χ1) is 21.5. The molecule has 6 aromatic rings. The normalized spacial score (nSPS) is 13.9. The lowest BCUT2D eigenvalue weighted by atomic mass is 9.98. The van der Waals surface area contributed by atoms with E-state index in [-0.39, 0.29) is 17.3 Å². The van der Waals surface area contributed by atoms with Crippen molar-refractivity contribution in [2.24, 2.45) is 5.92 Å². The zero-order chi connectivity index (χ0) is 30.2. The van der Waals surface area contributed by atoms with E-state index in [9.17, 15) is 9.59 Å². The average molecular weight is 587 g/mol. The van der Waals surface area contributed by atoms with Crippen LogP contribution in [0, 0.1) is 5.92 Å². The van der Waals surface area contributed by atoms with Gasteiger partial charge in [-0.15, -0.1) is 10.2 Å². The minimum absolute atomic E-state index is 0.256. The average Bonchev–Trinajstić information content (AvgIpc) is 3.57. The first-order valence-electron chi connectivity index (χ1n) is 15.2. The van der Waals surface area contributed by atoms with E-state index in [0.29, 0.717) is 42.4 Å². The van der Waals surface area contributed by atoms with Gasteiger partial charge in [0.05, 0.1) is 6.04 Å². The highest BCUT2D eigenvalue weighted by Gasteiger charge is 2.28. The predicted molar refractivity (Wildman–Crippen MR) is 169 cm³/mol. The number of H-pyrrole nitrogens is 1. The second-order valence-corrected chi connectivity index (χ2v) is 11.6. The lowest BCUT2D eigenvalue weighted by Gasteiger charge is -2.18. The summed E-state index contributed by atoms with van der Waals surface area (Å²) in [5.41, 5.74) is 5.34. The number of hydrogen-bond acceptors (Lipinski definition) is 6. The van der Waals surface area contributed by atoms with E-state index in [0.717, 1.165) is 52.9 Å². The maximum absolute atomic E-state index is 14.1. The molecule has 0 saturated heterocycles. The summed E-state index contributed by atoms with van der Waals surface area (Å²) in [5, 5.41) is 14.6. The fourth-order valence-electron chi connectivity index (χ4n) is 6.01. The molecule has 3 heterocycles. The molecular formula is C34H34N8O2. The Labute approximate surface area is 254 Å². The number of aromatic amines is 1. The Morgan fingerprint density at radius 3 is 2.32 bits per heavy atom. The molecule has 10 heteroatoms. The minimum Gasteiger partial charge on any atom is -0.318 e. The third-order valence-electron chi connectivity index (χ3n) is 8.54. The molecule has 0 radical (unpaired) electrons. The first-order valence-corrected chi connectivity index (χ1v) is 15.2. The highest BCUT2D eigenvalue weighted by Crippen LogP contribution is 2.31. The van der Waals surface area contributed by atoms with Gasteiger partial charge in [0.2, 0.25) is 5.82 Å². The van der Waals surface area contributed by atoms with Gasteiger partial charge in [0.1, 0.15) is 5.82 Å². The van der Waals surface area contributed by atoms with E-state index in [4.69, 9.17) is 4.98 Å². The largest absolute Gasteiger partial charge is 0.333 e. The second-order valence-electron chi connectivity index (χ2n) is 11.6. The zero-order valence-corrected chi connectivity index (χ0v) is 24.8. The van der Waals surface area contributed by atoms with Crippen LogP contribution in [0.25, 0.3) is 33.7 Å². The van der Waals surface area contributed by atoms with Crippen LogP contribution in [-0.4, -0.2) is 39.3 Å². The fraction of sp³-hybridized carbons (Fsp3) is 0.294. The van der Waals surface area contributed by atoms with Crippen molar-refractivity contribution in [1.82, 2.24) is 39.3 Å². The molecule has 10 nitrogen and oxygen atoms in total. The fourth-order valence-corrected chi connectivity index (χ4v) is 6.01. The maximum Gasteiger partial charge on any atom is 0.333 e. The van der Waals surface area contributed by atoms with Crippen molar-refractivity contribution < 1.29 is 0 Å². The van der Waals surface area contributed by atoms with Gasteiger partial charge in [0.25, 0.3) is 5.56 Å². The van der Waals surface area contributed by atoms with Gasteiger partial charge in [-0.3, -0.25) is 13.9 Å². The zero-order valence-electron chi connectivity index (χ0n) is 24.8. The smallest absolute Gasteiger partial charge is 0.318 e. The van der Waals surface area contributed by atoms with Crippen LogP contribution in [0.4, 0.5) is 0 Å². The number of rotatable bonds is 10. The molecule has 44 heavy (non-hydrogen) atoms. The van der Waals surface area contributed by atoms with Crippen LogP contribution >= 0.6 is 0 Å². The number of benzene rings is 3. The summed E-state index contributed by atoms with van der Waals surface area (Å²) in [6.07, 6.45) is 3.64. The number of fused-ring (bicyclic) bond motifs is 1. The molecule has 7 rings (SSSR count). The van der Waals surface area contributed by atoms with E-state index in [1.54, 1.807) is 4.57 Å². The number of hydrogen-bond donors (Lipinski definition) is 1. The number of aryl methyl sites for hydroxylation is 1. The van der Waals surface area contributed by atoms with Gasteiger partial charge in [-0.1, -0.05) is 85.8 Å². The number of aromatic nitrogens is 8. The van der Waals surface area contributed by atoms with E-state index >= 15 is 0 Å². The SMILES string of the molecule is CCCc1nc2c(c(=O)n(CC3CC3)c(=O)n2C(C)c2ccccc2)n1Cc1ccc(-c2ccccc2-c2nn[nH]n2)cc1. The second kappa shape index (κ2) is 11.5. The third kappa shape index (κ3) is 5.06. The van der Waals surface area contributed by atoms with Crippen molar-refractivity contribution in [1.29, 1.82) is 0 Å². The van der Waals surface area contributed by atoms with Crippen molar-refractivity contribution in [3.05, 3.63) is 117 Å². The maximum atomic E-state index is 14.1. The van der Waals surface area contributed by atoms with E-state index in [2.05, 4.69) is 51.8 Å². The van der Waals surface area contributed by atoms with Gasteiger partial charge in [0, 0.05) is 25.1 Å². The van der Waals surface area contributed by atoms with Crippen LogP contribution in [0.1, 0.15) is 56.1 Å². The van der Waals surface area contributed by atoms with Crippen molar-refractivity contribution in [2.45, 2.75) is 58.7 Å². The molecule has 0 amide bonds. The Hall–Kier alpha value is -5.12. The molecule has 222 valence electrons. The molecule has 1 aliphatic carbocycles. The van der Waals surface area contributed by atoms with E-state index in [1.165, 1.54) is 4.57 Å². The Morgan fingerprint density at radius 1 is 0.909 bits per heavy atom. The van der Waals surface area contributed by atoms with Gasteiger partial charge in [-0.2, -0.15) is 5.21 Å². The van der Waals surface area contributed by atoms with Crippen LogP contribution in [0.2, 0.25) is 0 Å². The van der Waals surface area contributed by atoms with Crippen LogP contribution < -0.4 is 11.2 Å². The third-order valence-corrected chi connectivity index (χ3v) is 8.54. The molecule has 1 fully saturated rings. The van der Waals surface area contributed by atoms with E-state index in [1.807, 2.05) is 66.1 Å². The Morgan fingerprint density at radius 2 is 1.64 bits per heavy atom. The molecular weight excluding hydrogens is 552 g/mol. The molecule has 1 unspecified atom stereocenters. The summed E-state index contributed by atoms with van der Waals surface area (Å²) < 4.78 is 5.20. The van der Waals surface area contributed by atoms with Gasteiger partial charge in [-0.25, -0.2) is 9.78 Å². The quantitative estimate of drug-likeness (QED) is 0.235. The van der Waals surface area contributed by atoms with Crippen molar-refractivity contribution in [3.8, 4) is 22.5 Å². The molecule has 1 N–H and O–H groups in total. The minimum atomic E-state index is -0.289. The molecule has 1 atom stereocenters. The topological polar surface area (TPSA) is 116 Å². The standard InChI is InChI=1S/C34H34N8O2/c1-3-9-29-35-32-30(33(43)41(21-23-14-15-23)34(44)42(32)22(2)25-10-5-4-6-11-25)40(29)20-24-16-18-26(19-17-24)27-12-7-8-13-28(27)31-36-38-39-37-31/h4-8,10-13,16-19,22-23H,3,9,14-15,20-21H2,1-2H3,(H,36,37,38,39). The summed E-state index contributed by atoms with van der Waals surface area (Å²) in [4.78, 5) is 33.1. The van der Waals surface area contributed by atoms with Gasteiger partial charge in [0.15, 0.2) is 11.2 Å². The van der Waals surface area contributed by atoms with Crippen molar-refractivity contribution in [2.75, 3.05) is 0 Å². The monoisotopic (exact) mass is 586 g/mol. The van der Waals surface area contributed by atoms with Crippen molar-refractivity contribution >= 4 is 11.2 Å². The molecule has 3 aromatic heterocycles. The summed E-state index contributed by atoms with van der Waals surface area (Å²) in [5.74, 6) is 1.72. The van der Waals surface area contributed by atoms with E-state index < -0.39 is 0 Å². The number of nitrogens with one attached hydrogen (secondary N) is 1. The Kier molecular flexibility index (Phi) is 7.25. The first kappa shape index (κ1) is 27.7. The summed E-state index contributed by atoms with van der Waals surface area (Å²) >= 11 is 0. The summed E-state index contributed by atoms with van der Waals surface area (Å²) in [7, 11) is 0. The van der Waals surface area contributed by atoms with Crippen LogP contribution in [0.15, 0.2) is 88.5 Å². The number of nitrogens with zero attached hydrogens (tertiary/aromatic N) is 7. The number of imidazole rings is 1. The molecule has 3 aromatic carbocycles. The van der Waals surface area contributed by atoms with Crippen LogP contribution in [-0.2, 0) is 19.5 Å². The predicted octanol–water partition coefficient (Wildman–Crippen LogP) is 5.23. The lowest BCUT2D eigenvalue weighted by Crippen LogP contribution is -2.42. The lowest BCUT2D eigenvalue weighted by molar-refractivity contribution is 0.517. The number of tetrazole rings is 1. The highest BCUT2D eigenvalue weighted by molar-refractivity contribution is 5.80. The van der Waals surface area contributed by atoms with Gasteiger partial charge in [-0.05, 0) is 59.6 Å². The van der Waals surface area contributed by atoms with Crippen molar-refractivity contribution in [3.63, 3.8) is 0 Å². The molecule has 1 aliphatic rings. The van der Waals surface area contributed by atoms with Crippen LogP contribution in [0.5, 0.6) is 0 Å². The Bertz CT molecular complexity index is 2040. The van der Waals surface area contributed by atoms with Crippen LogP contribution in [0.3, 0.4) is 0 Å². The molecule has 0 aliphatic heterocycles. The molecule has 0 spiro atoms. The molecule has 1 saturated carbocycles. The Balaban J connectivity index is 1.34. The summed E-state index contributed by atoms with van der Waals surface area (Å²) in [6, 6.07) is 25.9. The van der Waals surface area contributed by atoms with Gasteiger partial charge >= 0.3 is 5.69 Å². The molecule has 0 bridgehead atoms. The summed E-state index contributed by atoms with van der Waals surface area (Å²) in [6.45, 7) is 5.02. The highest BCUT2D eigenvalue weighted by atomic mass is 16.2.